The van der Waals surface area contributed by atoms with Gasteiger partial charge in [-0.1, -0.05) is 6.92 Å². The van der Waals surface area contributed by atoms with E-state index in [1.54, 1.807) is 12.1 Å². The summed E-state index contributed by atoms with van der Waals surface area (Å²) in [4.78, 5) is 48.9. The van der Waals surface area contributed by atoms with Crippen LogP contribution in [0, 0.1) is 6.92 Å². The highest BCUT2D eigenvalue weighted by Crippen LogP contribution is 2.22. The van der Waals surface area contributed by atoms with Gasteiger partial charge < -0.3 is 20.7 Å². The van der Waals surface area contributed by atoms with Gasteiger partial charge in [0.15, 0.2) is 0 Å². The second kappa shape index (κ2) is 10.4. The number of nitrogens with one attached hydrogen (secondary N) is 3. The minimum atomic E-state index is -0.548. The molecule has 2 rings (SSSR count). The van der Waals surface area contributed by atoms with Crippen molar-refractivity contribution in [3.63, 3.8) is 0 Å². The summed E-state index contributed by atoms with van der Waals surface area (Å²) in [6.45, 7) is 3.59. The number of aryl methyl sites for hydroxylation is 2. The summed E-state index contributed by atoms with van der Waals surface area (Å²) >= 11 is 1.42. The van der Waals surface area contributed by atoms with Gasteiger partial charge in [0, 0.05) is 16.1 Å². The number of anilines is 1. The molecule has 0 bridgehead atoms. The third-order valence-corrected chi connectivity index (χ3v) is 5.41. The Balaban J connectivity index is 1.83. The van der Waals surface area contributed by atoms with Gasteiger partial charge in [0.1, 0.15) is 6.54 Å². The normalized spacial score (nSPS) is 10.2. The summed E-state index contributed by atoms with van der Waals surface area (Å²) in [6, 6.07) is 7.97. The highest BCUT2D eigenvalue weighted by Gasteiger charge is 2.13. The Morgan fingerprint density at radius 3 is 2.24 bits per heavy atom. The molecule has 0 saturated carbocycles. The Kier molecular flexibility index (Phi) is 7.90. The van der Waals surface area contributed by atoms with Crippen LogP contribution in [0.25, 0.3) is 0 Å². The first kappa shape index (κ1) is 22.1. The van der Waals surface area contributed by atoms with Crippen LogP contribution in [0.15, 0.2) is 30.3 Å². The van der Waals surface area contributed by atoms with E-state index in [0.717, 1.165) is 16.9 Å². The van der Waals surface area contributed by atoms with E-state index in [0.29, 0.717) is 16.1 Å². The number of amides is 3. The SMILES string of the molecule is CCc1sc(C(=O)NCC(=O)Nc2ccc(C(=O)NCC(=O)OC)cc2)cc1C. The maximum Gasteiger partial charge on any atom is 0.325 e. The molecule has 8 nitrogen and oxygen atoms in total. The molecule has 0 saturated heterocycles. The number of thiophene rings is 1. The van der Waals surface area contributed by atoms with Crippen LogP contribution in [0.3, 0.4) is 0 Å². The summed E-state index contributed by atoms with van der Waals surface area (Å²) in [5, 5.41) is 7.66. The molecule has 2 aromatic rings. The first-order chi connectivity index (χ1) is 13.8. The minimum absolute atomic E-state index is 0.168. The molecule has 0 aliphatic heterocycles. The molecule has 9 heteroatoms. The molecule has 29 heavy (non-hydrogen) atoms. The van der Waals surface area contributed by atoms with Gasteiger partial charge in [-0.2, -0.15) is 0 Å². The van der Waals surface area contributed by atoms with Crippen molar-refractivity contribution >= 4 is 40.7 Å². The molecular weight excluding hydrogens is 394 g/mol. The van der Waals surface area contributed by atoms with Crippen molar-refractivity contribution in [2.75, 3.05) is 25.5 Å². The molecule has 0 aliphatic carbocycles. The average Bonchev–Trinajstić information content (AvgIpc) is 3.11. The van der Waals surface area contributed by atoms with Crippen LogP contribution in [-0.4, -0.2) is 43.9 Å². The van der Waals surface area contributed by atoms with Crippen molar-refractivity contribution in [2.45, 2.75) is 20.3 Å². The third-order valence-electron chi connectivity index (χ3n) is 4.03. The number of carbonyl (C=O) groups excluding carboxylic acids is 4. The Hall–Kier alpha value is -3.20. The third kappa shape index (κ3) is 6.42. The summed E-state index contributed by atoms with van der Waals surface area (Å²) < 4.78 is 4.45. The smallest absolute Gasteiger partial charge is 0.325 e. The molecule has 1 aromatic carbocycles. The van der Waals surface area contributed by atoms with E-state index in [-0.39, 0.29) is 24.9 Å². The van der Waals surface area contributed by atoms with Crippen molar-refractivity contribution in [3.05, 3.63) is 51.2 Å². The molecule has 0 atom stereocenters. The maximum atomic E-state index is 12.2. The van der Waals surface area contributed by atoms with Gasteiger partial charge in [0.2, 0.25) is 5.91 Å². The first-order valence-electron chi connectivity index (χ1n) is 8.96. The monoisotopic (exact) mass is 417 g/mol. The van der Waals surface area contributed by atoms with Gasteiger partial charge in [0.05, 0.1) is 18.5 Å². The van der Waals surface area contributed by atoms with Crippen LogP contribution < -0.4 is 16.0 Å². The molecule has 3 N–H and O–H groups in total. The summed E-state index contributed by atoms with van der Waals surface area (Å²) in [7, 11) is 1.23. The lowest BCUT2D eigenvalue weighted by Crippen LogP contribution is -2.32. The summed E-state index contributed by atoms with van der Waals surface area (Å²) in [5.74, 6) is -1.65. The van der Waals surface area contributed by atoms with Gasteiger partial charge in [-0.25, -0.2) is 0 Å². The fraction of sp³-hybridized carbons (Fsp3) is 0.300. The van der Waals surface area contributed by atoms with Crippen LogP contribution in [0.4, 0.5) is 5.69 Å². The summed E-state index contributed by atoms with van der Waals surface area (Å²) in [6.07, 6.45) is 0.862. The zero-order valence-corrected chi connectivity index (χ0v) is 17.3. The molecule has 1 heterocycles. The van der Waals surface area contributed by atoms with Crippen molar-refractivity contribution < 1.29 is 23.9 Å². The van der Waals surface area contributed by atoms with Crippen molar-refractivity contribution in [2.24, 2.45) is 0 Å². The van der Waals surface area contributed by atoms with E-state index in [2.05, 4.69) is 20.7 Å². The number of methoxy groups -OCH3 is 1. The van der Waals surface area contributed by atoms with Gasteiger partial charge >= 0.3 is 5.97 Å². The number of benzene rings is 1. The number of ether oxygens (including phenoxy) is 1. The lowest BCUT2D eigenvalue weighted by molar-refractivity contribution is -0.139. The molecular formula is C20H23N3O5S. The standard InChI is InChI=1S/C20H23N3O5S/c1-4-15-12(2)9-16(29-15)20(27)21-10-17(24)23-14-7-5-13(6-8-14)19(26)22-11-18(25)28-3/h5-9H,4,10-11H2,1-3H3,(H,21,27)(H,22,26)(H,23,24). The lowest BCUT2D eigenvalue weighted by atomic mass is 10.2. The van der Waals surface area contributed by atoms with Crippen molar-refractivity contribution in [3.8, 4) is 0 Å². The number of hydrogen-bond acceptors (Lipinski definition) is 6. The average molecular weight is 417 g/mol. The van der Waals surface area contributed by atoms with Gasteiger partial charge in [0.25, 0.3) is 11.8 Å². The van der Waals surface area contributed by atoms with Gasteiger partial charge in [-0.15, -0.1) is 11.3 Å². The minimum Gasteiger partial charge on any atom is -0.468 e. The Bertz CT molecular complexity index is 905. The second-order valence-electron chi connectivity index (χ2n) is 6.14. The summed E-state index contributed by atoms with van der Waals surface area (Å²) in [5.41, 5.74) is 1.89. The first-order valence-corrected chi connectivity index (χ1v) is 9.78. The molecule has 0 spiro atoms. The molecule has 0 aliphatic rings. The van der Waals surface area contributed by atoms with Crippen molar-refractivity contribution in [1.29, 1.82) is 0 Å². The largest absolute Gasteiger partial charge is 0.468 e. The van der Waals surface area contributed by atoms with E-state index in [1.807, 2.05) is 19.9 Å². The highest BCUT2D eigenvalue weighted by molar-refractivity contribution is 7.14. The fourth-order valence-electron chi connectivity index (χ4n) is 2.47. The number of esters is 1. The van der Waals surface area contributed by atoms with E-state index >= 15 is 0 Å². The topological polar surface area (TPSA) is 114 Å². The van der Waals surface area contributed by atoms with Crippen molar-refractivity contribution in [1.82, 2.24) is 10.6 Å². The predicted octanol–water partition coefficient (Wildman–Crippen LogP) is 1.89. The van der Waals surface area contributed by atoms with Crippen LogP contribution >= 0.6 is 11.3 Å². The Labute approximate surface area is 172 Å². The zero-order chi connectivity index (χ0) is 21.4. The van der Waals surface area contributed by atoms with Crippen LogP contribution in [0.2, 0.25) is 0 Å². The molecule has 1 aromatic heterocycles. The van der Waals surface area contributed by atoms with E-state index in [9.17, 15) is 19.2 Å². The van der Waals surface area contributed by atoms with Crippen LogP contribution in [0.1, 0.15) is 37.4 Å². The molecule has 0 unspecified atom stereocenters. The van der Waals surface area contributed by atoms with Crippen LogP contribution in [0.5, 0.6) is 0 Å². The van der Waals surface area contributed by atoms with Gasteiger partial charge in [-0.05, 0) is 49.2 Å². The predicted molar refractivity (Wildman–Crippen MR) is 110 cm³/mol. The zero-order valence-electron chi connectivity index (χ0n) is 16.5. The number of rotatable bonds is 8. The molecule has 0 radical (unpaired) electrons. The maximum absolute atomic E-state index is 12.2. The van der Waals surface area contributed by atoms with E-state index < -0.39 is 11.9 Å². The molecule has 0 fully saturated rings. The Morgan fingerprint density at radius 1 is 1.00 bits per heavy atom. The van der Waals surface area contributed by atoms with E-state index in [1.165, 1.54) is 30.6 Å². The number of carbonyl (C=O) groups is 4. The van der Waals surface area contributed by atoms with Gasteiger partial charge in [-0.3, -0.25) is 19.2 Å². The van der Waals surface area contributed by atoms with E-state index in [4.69, 9.17) is 0 Å². The fourth-order valence-corrected chi connectivity index (χ4v) is 3.50. The molecule has 154 valence electrons. The van der Waals surface area contributed by atoms with Crippen LogP contribution in [-0.2, 0) is 20.7 Å². The Morgan fingerprint density at radius 2 is 1.66 bits per heavy atom. The second-order valence-corrected chi connectivity index (χ2v) is 7.27. The molecule has 3 amide bonds. The lowest BCUT2D eigenvalue weighted by Gasteiger charge is -2.08. The quantitative estimate of drug-likeness (QED) is 0.568. The highest BCUT2D eigenvalue weighted by atomic mass is 32.1. The number of hydrogen-bond donors (Lipinski definition) is 3.